The number of amides is 1. The van der Waals surface area contributed by atoms with Gasteiger partial charge in [0.1, 0.15) is 17.7 Å². The van der Waals surface area contributed by atoms with Crippen LogP contribution in [0.3, 0.4) is 0 Å². The quantitative estimate of drug-likeness (QED) is 0.465. The second kappa shape index (κ2) is 11.1. The van der Waals surface area contributed by atoms with Crippen molar-refractivity contribution in [3.63, 3.8) is 0 Å². The van der Waals surface area contributed by atoms with Crippen LogP contribution in [0.1, 0.15) is 66.4 Å². The summed E-state index contributed by atoms with van der Waals surface area (Å²) in [6, 6.07) is 2.47. The lowest BCUT2D eigenvalue weighted by atomic mass is 9.91. The Morgan fingerprint density at radius 1 is 1.30 bits per heavy atom. The van der Waals surface area contributed by atoms with Crippen molar-refractivity contribution in [3.8, 4) is 0 Å². The van der Waals surface area contributed by atoms with Crippen LogP contribution in [0.25, 0.3) is 0 Å². The summed E-state index contributed by atoms with van der Waals surface area (Å²) in [7, 11) is -3.83. The second-order valence-electron chi connectivity index (χ2n) is 10.3. The van der Waals surface area contributed by atoms with Gasteiger partial charge in [-0.05, 0) is 79.5 Å². The average Bonchev–Trinajstić information content (AvgIpc) is 3.62. The Hall–Kier alpha value is -1.88. The number of ether oxygens (including phenoxy) is 1. The summed E-state index contributed by atoms with van der Waals surface area (Å²) in [6.45, 7) is 2.74. The Labute approximate surface area is 220 Å². The van der Waals surface area contributed by atoms with Gasteiger partial charge in [0.2, 0.25) is 10.0 Å². The predicted molar refractivity (Wildman–Crippen MR) is 136 cm³/mol. The minimum Gasteiger partial charge on any atom is -0.373 e. The molecule has 1 saturated heterocycles. The van der Waals surface area contributed by atoms with Crippen molar-refractivity contribution in [2.24, 2.45) is 0 Å². The SMILES string of the molecule is CC(C1=CC(F)CC(Cl)=C1)N1CCC(F)(COCc2cc(F)c(C(=O)NS(C)(=O)=O)cc2C2CC2)CC1. The van der Waals surface area contributed by atoms with E-state index in [1.165, 1.54) is 12.1 Å². The lowest BCUT2D eigenvalue weighted by Crippen LogP contribution is -2.48. The summed E-state index contributed by atoms with van der Waals surface area (Å²) in [5.74, 6) is -1.75. The van der Waals surface area contributed by atoms with Gasteiger partial charge in [0.25, 0.3) is 5.91 Å². The molecule has 2 aliphatic carbocycles. The highest BCUT2D eigenvalue weighted by Gasteiger charge is 2.37. The van der Waals surface area contributed by atoms with Gasteiger partial charge in [-0.1, -0.05) is 11.6 Å². The van der Waals surface area contributed by atoms with Gasteiger partial charge in [-0.15, -0.1) is 0 Å². The van der Waals surface area contributed by atoms with Crippen molar-refractivity contribution in [2.45, 2.75) is 69.4 Å². The lowest BCUT2D eigenvalue weighted by molar-refractivity contribution is -0.0342. The van der Waals surface area contributed by atoms with Crippen LogP contribution in [0.2, 0.25) is 0 Å². The molecule has 0 aromatic heterocycles. The molecule has 37 heavy (non-hydrogen) atoms. The first-order valence-electron chi connectivity index (χ1n) is 12.4. The van der Waals surface area contributed by atoms with Crippen LogP contribution in [0.5, 0.6) is 0 Å². The molecule has 2 unspecified atom stereocenters. The summed E-state index contributed by atoms with van der Waals surface area (Å²) in [5.41, 5.74) is 0.160. The number of hydrogen-bond donors (Lipinski definition) is 1. The number of sulfonamides is 1. The fourth-order valence-electron chi connectivity index (χ4n) is 4.94. The average molecular weight is 561 g/mol. The van der Waals surface area contributed by atoms with Crippen LogP contribution < -0.4 is 4.72 Å². The normalized spacial score (nSPS) is 23.2. The molecule has 1 amide bonds. The summed E-state index contributed by atoms with van der Waals surface area (Å²) < 4.78 is 74.3. The number of rotatable bonds is 9. The number of nitrogens with zero attached hydrogens (tertiary/aromatic N) is 1. The summed E-state index contributed by atoms with van der Waals surface area (Å²) in [4.78, 5) is 14.3. The number of nitrogens with one attached hydrogen (secondary N) is 1. The Kier molecular flexibility index (Phi) is 8.43. The minimum atomic E-state index is -3.83. The number of benzene rings is 1. The van der Waals surface area contributed by atoms with E-state index in [4.69, 9.17) is 16.3 Å². The van der Waals surface area contributed by atoms with Crippen molar-refractivity contribution in [1.82, 2.24) is 9.62 Å². The highest BCUT2D eigenvalue weighted by Crippen LogP contribution is 2.43. The van der Waals surface area contributed by atoms with E-state index in [-0.39, 0.29) is 50.0 Å². The molecule has 3 aliphatic rings. The molecule has 2 fully saturated rings. The van der Waals surface area contributed by atoms with Crippen molar-refractivity contribution in [3.05, 3.63) is 57.4 Å². The fraction of sp³-hybridized carbons (Fsp3) is 0.577. The molecule has 0 spiro atoms. The molecule has 204 valence electrons. The largest absolute Gasteiger partial charge is 0.373 e. The molecule has 1 aromatic rings. The van der Waals surface area contributed by atoms with Crippen LogP contribution in [-0.4, -0.2) is 63.1 Å². The van der Waals surface area contributed by atoms with E-state index in [9.17, 15) is 22.0 Å². The molecule has 2 atom stereocenters. The van der Waals surface area contributed by atoms with Gasteiger partial charge in [-0.3, -0.25) is 9.69 Å². The molecule has 1 aromatic carbocycles. The van der Waals surface area contributed by atoms with Crippen LogP contribution in [-0.2, 0) is 21.4 Å². The molecule has 1 aliphatic heterocycles. The van der Waals surface area contributed by atoms with Gasteiger partial charge in [-0.2, -0.15) is 0 Å². The van der Waals surface area contributed by atoms with Crippen LogP contribution in [0.4, 0.5) is 13.2 Å². The third-order valence-electron chi connectivity index (χ3n) is 7.20. The highest BCUT2D eigenvalue weighted by molar-refractivity contribution is 7.89. The molecule has 0 bridgehead atoms. The number of piperidine rings is 1. The zero-order valence-electron chi connectivity index (χ0n) is 20.9. The molecule has 1 saturated carbocycles. The Morgan fingerprint density at radius 2 is 1.97 bits per heavy atom. The number of halogens is 4. The van der Waals surface area contributed by atoms with Crippen LogP contribution in [0.15, 0.2) is 34.9 Å². The molecule has 6 nitrogen and oxygen atoms in total. The first kappa shape index (κ1) is 28.1. The third kappa shape index (κ3) is 7.37. The standard InChI is InChI=1S/C26H32ClF3N2O4S/c1-16(18-9-20(27)12-21(28)10-18)32-7-5-26(30,6-8-32)15-36-14-19-11-24(29)23(13-22(19)17-3-4-17)25(33)31-37(2,34)35/h9-11,13,16-17,21H,3-8,12,14-15H2,1-2H3,(H,31,33). The molecule has 1 heterocycles. The summed E-state index contributed by atoms with van der Waals surface area (Å²) >= 11 is 6.05. The van der Waals surface area contributed by atoms with E-state index in [0.29, 0.717) is 23.7 Å². The van der Waals surface area contributed by atoms with Gasteiger partial charge in [0.05, 0.1) is 25.0 Å². The second-order valence-corrected chi connectivity index (χ2v) is 12.6. The molecule has 11 heteroatoms. The Morgan fingerprint density at radius 3 is 2.57 bits per heavy atom. The Balaban J connectivity index is 1.35. The first-order chi connectivity index (χ1) is 17.3. The number of allylic oxidation sites excluding steroid dienone is 2. The van der Waals surface area contributed by atoms with E-state index in [1.807, 2.05) is 6.92 Å². The maximum Gasteiger partial charge on any atom is 0.267 e. The van der Waals surface area contributed by atoms with E-state index in [2.05, 4.69) is 4.90 Å². The maximum absolute atomic E-state index is 15.5. The van der Waals surface area contributed by atoms with Gasteiger partial charge >= 0.3 is 0 Å². The first-order valence-corrected chi connectivity index (χ1v) is 14.7. The minimum absolute atomic E-state index is 0.0173. The number of alkyl halides is 2. The van der Waals surface area contributed by atoms with Crippen molar-refractivity contribution in [2.75, 3.05) is 26.0 Å². The van der Waals surface area contributed by atoms with Crippen molar-refractivity contribution >= 4 is 27.5 Å². The number of carbonyl (C=O) groups is 1. The molecule has 0 radical (unpaired) electrons. The third-order valence-corrected chi connectivity index (χ3v) is 8.02. The van der Waals surface area contributed by atoms with E-state index in [0.717, 1.165) is 30.2 Å². The van der Waals surface area contributed by atoms with Crippen molar-refractivity contribution in [1.29, 1.82) is 0 Å². The van der Waals surface area contributed by atoms with E-state index >= 15 is 4.39 Å². The molecular weight excluding hydrogens is 529 g/mol. The van der Waals surface area contributed by atoms with Crippen molar-refractivity contribution < 1.29 is 31.1 Å². The zero-order chi connectivity index (χ0) is 27.0. The summed E-state index contributed by atoms with van der Waals surface area (Å²) in [5, 5.41) is 0.480. The monoisotopic (exact) mass is 560 g/mol. The van der Waals surface area contributed by atoms with Crippen LogP contribution >= 0.6 is 11.6 Å². The highest BCUT2D eigenvalue weighted by atomic mass is 35.5. The lowest BCUT2D eigenvalue weighted by Gasteiger charge is -2.40. The molecular formula is C26H32ClF3N2O4S. The summed E-state index contributed by atoms with van der Waals surface area (Å²) in [6.07, 6.45) is 5.49. The van der Waals surface area contributed by atoms with Crippen LogP contribution in [0, 0.1) is 5.82 Å². The molecule has 1 N–H and O–H groups in total. The smallest absolute Gasteiger partial charge is 0.267 e. The van der Waals surface area contributed by atoms with E-state index < -0.39 is 33.6 Å². The molecule has 4 rings (SSSR count). The number of hydrogen-bond acceptors (Lipinski definition) is 5. The van der Waals surface area contributed by atoms with Gasteiger partial charge in [0.15, 0.2) is 0 Å². The fourth-order valence-corrected chi connectivity index (χ4v) is 5.66. The topological polar surface area (TPSA) is 75.7 Å². The Bertz CT molecular complexity index is 1210. The zero-order valence-corrected chi connectivity index (χ0v) is 22.5. The number of likely N-dealkylation sites (tertiary alicyclic amines) is 1. The van der Waals surface area contributed by atoms with E-state index in [1.54, 1.807) is 16.9 Å². The van der Waals surface area contributed by atoms with Gasteiger partial charge in [0, 0.05) is 30.6 Å². The van der Waals surface area contributed by atoms with Gasteiger partial charge < -0.3 is 4.74 Å². The van der Waals surface area contributed by atoms with Gasteiger partial charge in [-0.25, -0.2) is 26.3 Å². The maximum atomic E-state index is 15.5. The predicted octanol–water partition coefficient (Wildman–Crippen LogP) is 4.89. The number of carbonyl (C=O) groups excluding carboxylic acids is 1.